The van der Waals surface area contributed by atoms with E-state index in [1.807, 2.05) is 42.5 Å². The van der Waals surface area contributed by atoms with Gasteiger partial charge in [0.05, 0.1) is 11.6 Å². The summed E-state index contributed by atoms with van der Waals surface area (Å²) in [6.07, 6.45) is 5.16. The van der Waals surface area contributed by atoms with Crippen LogP contribution in [0.2, 0.25) is 5.02 Å². The first kappa shape index (κ1) is 28.8. The summed E-state index contributed by atoms with van der Waals surface area (Å²) in [5.41, 5.74) is 6.80. The zero-order valence-corrected chi connectivity index (χ0v) is 26.0. The molecule has 1 heterocycles. The lowest BCUT2D eigenvalue weighted by molar-refractivity contribution is -0.117. The minimum atomic E-state index is -0.418. The Morgan fingerprint density at radius 1 is 0.857 bits per heavy atom. The number of benzene rings is 3. The molecule has 0 N–H and O–H groups in total. The summed E-state index contributed by atoms with van der Waals surface area (Å²) in [5, 5.41) is 0.671. The standard InChI is InChI=1S/C35H33BrClNO4/c1-41-31-20-24(19-26(36)35(31)42-21-23-13-15-25(37)16-14-23)32-33-27(9-5-11-29(33)39)38(18-17-22-7-3-2-4-8-22)28-10-6-12-30(40)34(28)32/h2-4,7-8,13-16,19-20,32H,5-6,9-12,17-18,21H2,1H3. The molecule has 0 fully saturated rings. The van der Waals surface area contributed by atoms with Gasteiger partial charge in [-0.25, -0.2) is 0 Å². The maximum Gasteiger partial charge on any atom is 0.175 e. The molecule has 0 radical (unpaired) electrons. The van der Waals surface area contributed by atoms with E-state index in [1.165, 1.54) is 5.56 Å². The van der Waals surface area contributed by atoms with E-state index < -0.39 is 5.92 Å². The Kier molecular flexibility index (Phi) is 8.55. The van der Waals surface area contributed by atoms with Gasteiger partial charge < -0.3 is 14.4 Å². The zero-order chi connectivity index (χ0) is 29.2. The van der Waals surface area contributed by atoms with E-state index in [1.54, 1.807) is 7.11 Å². The summed E-state index contributed by atoms with van der Waals surface area (Å²) in [4.78, 5) is 29.7. The first-order valence-electron chi connectivity index (χ1n) is 14.5. The van der Waals surface area contributed by atoms with Crippen molar-refractivity contribution < 1.29 is 19.1 Å². The van der Waals surface area contributed by atoms with Gasteiger partial charge in [-0.2, -0.15) is 0 Å². The Morgan fingerprint density at radius 2 is 1.50 bits per heavy atom. The third-order valence-corrected chi connectivity index (χ3v) is 9.28. The number of nitrogens with zero attached hydrogens (tertiary/aromatic N) is 1. The summed E-state index contributed by atoms with van der Waals surface area (Å²) in [7, 11) is 1.61. The van der Waals surface area contributed by atoms with Crippen molar-refractivity contribution in [1.82, 2.24) is 4.90 Å². The molecule has 2 aliphatic carbocycles. The molecule has 0 atom stereocenters. The molecule has 0 bridgehead atoms. The molecular formula is C35H33BrClNO4. The molecule has 3 aromatic rings. The highest BCUT2D eigenvalue weighted by molar-refractivity contribution is 9.10. The first-order chi connectivity index (χ1) is 20.4. The van der Waals surface area contributed by atoms with E-state index in [2.05, 4.69) is 45.1 Å². The second-order valence-corrected chi connectivity index (χ2v) is 12.3. The number of carbonyl (C=O) groups is 2. The molecule has 1 aliphatic heterocycles. The summed E-state index contributed by atoms with van der Waals surface area (Å²) in [6.45, 7) is 1.09. The van der Waals surface area contributed by atoms with Crippen LogP contribution in [-0.2, 0) is 22.6 Å². The van der Waals surface area contributed by atoms with Crippen LogP contribution in [0.25, 0.3) is 0 Å². The lowest BCUT2D eigenvalue weighted by Crippen LogP contribution is -2.40. The number of Topliss-reactive ketones (excluding diaryl/α,β-unsaturated/α-hetero) is 2. The monoisotopic (exact) mass is 645 g/mol. The Bertz CT molecular complexity index is 1530. The largest absolute Gasteiger partial charge is 0.493 e. The van der Waals surface area contributed by atoms with E-state index in [4.69, 9.17) is 21.1 Å². The predicted molar refractivity (Wildman–Crippen MR) is 168 cm³/mol. The van der Waals surface area contributed by atoms with Crippen LogP contribution in [0, 0.1) is 0 Å². The normalized spacial score (nSPS) is 17.4. The summed E-state index contributed by atoms with van der Waals surface area (Å²) in [6, 6.07) is 21.8. The van der Waals surface area contributed by atoms with Crippen LogP contribution in [0.3, 0.4) is 0 Å². The molecule has 7 heteroatoms. The molecule has 5 nitrogen and oxygen atoms in total. The van der Waals surface area contributed by atoms with Gasteiger partial charge in [-0.3, -0.25) is 9.59 Å². The minimum absolute atomic E-state index is 0.133. The van der Waals surface area contributed by atoms with Crippen LogP contribution in [0.5, 0.6) is 11.5 Å². The Balaban J connectivity index is 1.40. The van der Waals surface area contributed by atoms with E-state index in [9.17, 15) is 9.59 Å². The van der Waals surface area contributed by atoms with Crippen molar-refractivity contribution >= 4 is 39.1 Å². The van der Waals surface area contributed by atoms with E-state index >= 15 is 0 Å². The number of carbonyl (C=O) groups excluding carboxylic acids is 2. The second-order valence-electron chi connectivity index (χ2n) is 11.0. The molecule has 0 unspecified atom stereocenters. The lowest BCUT2D eigenvalue weighted by Gasteiger charge is -2.44. The van der Waals surface area contributed by atoms with Crippen molar-refractivity contribution in [2.45, 2.75) is 57.5 Å². The number of ketones is 2. The van der Waals surface area contributed by atoms with Crippen LogP contribution < -0.4 is 9.47 Å². The van der Waals surface area contributed by atoms with Crippen molar-refractivity contribution in [1.29, 1.82) is 0 Å². The van der Waals surface area contributed by atoms with Crippen LogP contribution in [0.1, 0.15) is 61.1 Å². The molecular weight excluding hydrogens is 614 g/mol. The Labute approximate surface area is 260 Å². The molecule has 0 spiro atoms. The maximum atomic E-state index is 13.7. The fourth-order valence-corrected chi connectivity index (χ4v) is 7.19. The van der Waals surface area contributed by atoms with E-state index in [0.29, 0.717) is 40.4 Å². The van der Waals surface area contributed by atoms with Gasteiger partial charge in [0.1, 0.15) is 6.61 Å². The van der Waals surface area contributed by atoms with Crippen molar-refractivity contribution in [3.8, 4) is 11.5 Å². The van der Waals surface area contributed by atoms with Gasteiger partial charge in [0.25, 0.3) is 0 Å². The molecule has 0 amide bonds. The fraction of sp³-hybridized carbons (Fsp3) is 0.314. The molecule has 216 valence electrons. The van der Waals surface area contributed by atoms with Crippen molar-refractivity contribution in [2.75, 3.05) is 13.7 Å². The minimum Gasteiger partial charge on any atom is -0.493 e. The fourth-order valence-electron chi connectivity index (χ4n) is 6.49. The van der Waals surface area contributed by atoms with Crippen molar-refractivity contribution in [3.05, 3.63) is 115 Å². The molecule has 0 saturated carbocycles. The van der Waals surface area contributed by atoms with Crippen LogP contribution >= 0.6 is 27.5 Å². The average Bonchev–Trinajstić information content (AvgIpc) is 3.00. The van der Waals surface area contributed by atoms with Crippen molar-refractivity contribution in [3.63, 3.8) is 0 Å². The number of halogens is 2. The molecule has 6 rings (SSSR count). The van der Waals surface area contributed by atoms with Gasteiger partial charge in [-0.15, -0.1) is 0 Å². The van der Waals surface area contributed by atoms with Crippen LogP contribution in [0.4, 0.5) is 0 Å². The first-order valence-corrected chi connectivity index (χ1v) is 15.7. The van der Waals surface area contributed by atoms with Gasteiger partial charge >= 0.3 is 0 Å². The van der Waals surface area contributed by atoms with Crippen LogP contribution in [0.15, 0.2) is 93.7 Å². The van der Waals surface area contributed by atoms with E-state index in [-0.39, 0.29) is 11.6 Å². The number of methoxy groups -OCH3 is 1. The van der Waals surface area contributed by atoms with Gasteiger partial charge in [-0.1, -0.05) is 54.1 Å². The smallest absolute Gasteiger partial charge is 0.175 e. The average molecular weight is 647 g/mol. The molecule has 0 aromatic heterocycles. The highest BCUT2D eigenvalue weighted by atomic mass is 79.9. The lowest BCUT2D eigenvalue weighted by atomic mass is 9.71. The molecule has 42 heavy (non-hydrogen) atoms. The third kappa shape index (κ3) is 5.67. The highest BCUT2D eigenvalue weighted by Crippen LogP contribution is 2.51. The number of rotatable bonds is 8. The molecule has 3 aliphatic rings. The third-order valence-electron chi connectivity index (χ3n) is 8.43. The van der Waals surface area contributed by atoms with Gasteiger partial charge in [-0.05, 0) is 89.0 Å². The summed E-state index contributed by atoms with van der Waals surface area (Å²) in [5.74, 6) is 0.975. The summed E-state index contributed by atoms with van der Waals surface area (Å²) < 4.78 is 12.7. The molecule has 3 aromatic carbocycles. The topological polar surface area (TPSA) is 55.8 Å². The quantitative estimate of drug-likeness (QED) is 0.246. The Morgan fingerprint density at radius 3 is 2.12 bits per heavy atom. The van der Waals surface area contributed by atoms with Gasteiger partial charge in [0, 0.05) is 52.9 Å². The SMILES string of the molecule is COc1cc(C2C3=C(CCCC3=O)N(CCc3ccccc3)C3=C2C(=O)CCC3)cc(Br)c1OCc1ccc(Cl)cc1. The predicted octanol–water partition coefficient (Wildman–Crippen LogP) is 8.35. The van der Waals surface area contributed by atoms with Gasteiger partial charge in [0.15, 0.2) is 23.1 Å². The maximum absolute atomic E-state index is 13.7. The second kappa shape index (κ2) is 12.5. The zero-order valence-electron chi connectivity index (χ0n) is 23.6. The van der Waals surface area contributed by atoms with Gasteiger partial charge in [0.2, 0.25) is 0 Å². The Hall–Kier alpha value is -3.35. The number of allylic oxidation sites excluding steroid dienone is 4. The number of ether oxygens (including phenoxy) is 2. The van der Waals surface area contributed by atoms with E-state index in [0.717, 1.165) is 72.3 Å². The van der Waals surface area contributed by atoms with Crippen LogP contribution in [-0.4, -0.2) is 30.1 Å². The highest BCUT2D eigenvalue weighted by Gasteiger charge is 2.43. The van der Waals surface area contributed by atoms with Crippen molar-refractivity contribution in [2.24, 2.45) is 0 Å². The number of hydrogen-bond acceptors (Lipinski definition) is 5. The number of hydrogen-bond donors (Lipinski definition) is 0. The molecule has 0 saturated heterocycles. The summed E-state index contributed by atoms with van der Waals surface area (Å²) >= 11 is 9.76.